The Kier molecular flexibility index (Phi) is 4.11. The van der Waals surface area contributed by atoms with Gasteiger partial charge in [0.1, 0.15) is 5.56 Å². The van der Waals surface area contributed by atoms with E-state index in [9.17, 15) is 9.59 Å². The van der Waals surface area contributed by atoms with Crippen molar-refractivity contribution in [2.24, 2.45) is 0 Å². The van der Waals surface area contributed by atoms with Gasteiger partial charge in [-0.15, -0.1) is 0 Å². The fourth-order valence-corrected chi connectivity index (χ4v) is 3.72. The molecular weight excluding hydrogens is 372 g/mol. The molecule has 3 aromatic heterocycles. The van der Waals surface area contributed by atoms with Gasteiger partial charge in [0.15, 0.2) is 11.5 Å². The Labute approximate surface area is 166 Å². The summed E-state index contributed by atoms with van der Waals surface area (Å²) < 4.78 is 7.20. The molecule has 0 bridgehead atoms. The molecule has 3 heterocycles. The number of hydrogen-bond acceptors (Lipinski definition) is 6. The quantitative estimate of drug-likeness (QED) is 0.683. The van der Waals surface area contributed by atoms with Crippen LogP contribution in [0.15, 0.2) is 22.9 Å². The number of oxazole rings is 1. The van der Waals surface area contributed by atoms with Gasteiger partial charge >= 0.3 is 0 Å². The van der Waals surface area contributed by atoms with E-state index in [1.165, 1.54) is 6.20 Å². The van der Waals surface area contributed by atoms with Crippen molar-refractivity contribution in [1.29, 1.82) is 0 Å². The van der Waals surface area contributed by atoms with Crippen molar-refractivity contribution in [3.05, 3.63) is 47.1 Å². The van der Waals surface area contributed by atoms with Crippen LogP contribution in [0.4, 0.5) is 0 Å². The van der Waals surface area contributed by atoms with Crippen LogP contribution >= 0.6 is 0 Å². The third-order valence-electron chi connectivity index (χ3n) is 5.51. The van der Waals surface area contributed by atoms with Crippen LogP contribution < -0.4 is 10.6 Å². The Morgan fingerprint density at radius 1 is 1.10 bits per heavy atom. The summed E-state index contributed by atoms with van der Waals surface area (Å²) in [4.78, 5) is 33.5. The van der Waals surface area contributed by atoms with E-state index in [2.05, 4.69) is 25.7 Å². The first-order valence-electron chi connectivity index (χ1n) is 9.87. The minimum absolute atomic E-state index is 0.00501. The van der Waals surface area contributed by atoms with Crippen LogP contribution in [0.1, 0.15) is 69.8 Å². The van der Waals surface area contributed by atoms with E-state index in [0.717, 1.165) is 24.2 Å². The zero-order valence-electron chi connectivity index (χ0n) is 16.3. The molecule has 0 radical (unpaired) electrons. The molecule has 9 nitrogen and oxygen atoms in total. The third kappa shape index (κ3) is 3.37. The number of rotatable bonds is 5. The third-order valence-corrected chi connectivity index (χ3v) is 5.51. The molecule has 150 valence electrons. The molecule has 2 aliphatic rings. The molecule has 2 amide bonds. The maximum atomic E-state index is 12.7. The van der Waals surface area contributed by atoms with Gasteiger partial charge in [0.25, 0.3) is 11.8 Å². The van der Waals surface area contributed by atoms with Gasteiger partial charge in [0.2, 0.25) is 5.76 Å². The van der Waals surface area contributed by atoms with Crippen LogP contribution in [-0.4, -0.2) is 43.5 Å². The van der Waals surface area contributed by atoms with E-state index in [-0.39, 0.29) is 29.7 Å². The first kappa shape index (κ1) is 17.8. The van der Waals surface area contributed by atoms with E-state index >= 15 is 0 Å². The predicted molar refractivity (Wildman–Crippen MR) is 103 cm³/mol. The molecule has 2 saturated carbocycles. The molecule has 0 aliphatic heterocycles. The van der Waals surface area contributed by atoms with Crippen molar-refractivity contribution < 1.29 is 14.0 Å². The number of carbonyl (C=O) groups is 2. The topological polar surface area (TPSA) is 114 Å². The SMILES string of the molecule is Cc1cc(C)n2ncc(C(=O)NC3CC(NC(=O)c4cnc(C5CC5)o4)C3)c2n1. The zero-order valence-corrected chi connectivity index (χ0v) is 16.3. The first-order chi connectivity index (χ1) is 14.0. The van der Waals surface area contributed by atoms with E-state index in [4.69, 9.17) is 4.42 Å². The molecule has 0 atom stereocenters. The van der Waals surface area contributed by atoms with E-state index in [0.29, 0.717) is 35.9 Å². The molecular formula is C20H22N6O3. The number of amides is 2. The van der Waals surface area contributed by atoms with Gasteiger partial charge in [0, 0.05) is 29.4 Å². The minimum Gasteiger partial charge on any atom is -0.435 e. The number of fused-ring (bicyclic) bond motifs is 1. The molecule has 3 aromatic rings. The van der Waals surface area contributed by atoms with Crippen molar-refractivity contribution in [3.8, 4) is 0 Å². The Morgan fingerprint density at radius 2 is 1.83 bits per heavy atom. The van der Waals surface area contributed by atoms with Crippen LogP contribution in [0.5, 0.6) is 0 Å². The highest BCUT2D eigenvalue weighted by Gasteiger charge is 2.34. The largest absolute Gasteiger partial charge is 0.435 e. The second kappa shape index (κ2) is 6.68. The van der Waals surface area contributed by atoms with Crippen molar-refractivity contribution >= 4 is 17.5 Å². The van der Waals surface area contributed by atoms with E-state index in [1.54, 1.807) is 10.7 Å². The molecule has 5 rings (SSSR count). The van der Waals surface area contributed by atoms with Gasteiger partial charge in [0.05, 0.1) is 12.4 Å². The summed E-state index contributed by atoms with van der Waals surface area (Å²) in [6, 6.07) is 1.93. The molecule has 29 heavy (non-hydrogen) atoms. The lowest BCUT2D eigenvalue weighted by Gasteiger charge is -2.35. The van der Waals surface area contributed by atoms with Gasteiger partial charge in [-0.3, -0.25) is 9.59 Å². The van der Waals surface area contributed by atoms with E-state index < -0.39 is 0 Å². The maximum absolute atomic E-state index is 12.7. The summed E-state index contributed by atoms with van der Waals surface area (Å²) in [7, 11) is 0. The van der Waals surface area contributed by atoms with Gasteiger partial charge in [-0.05, 0) is 45.6 Å². The summed E-state index contributed by atoms with van der Waals surface area (Å²) in [6.07, 6.45) is 6.53. The summed E-state index contributed by atoms with van der Waals surface area (Å²) in [5.74, 6) is 0.833. The lowest BCUT2D eigenvalue weighted by Crippen LogP contribution is -2.53. The van der Waals surface area contributed by atoms with Crippen LogP contribution in [0, 0.1) is 13.8 Å². The summed E-state index contributed by atoms with van der Waals surface area (Å²) in [5.41, 5.74) is 2.78. The number of hydrogen-bond donors (Lipinski definition) is 2. The normalized spacial score (nSPS) is 21.0. The lowest BCUT2D eigenvalue weighted by molar-refractivity contribution is 0.0845. The fraction of sp³-hybridized carbons (Fsp3) is 0.450. The van der Waals surface area contributed by atoms with Crippen molar-refractivity contribution in [2.45, 2.75) is 57.5 Å². The Balaban J connectivity index is 1.16. The Hall–Kier alpha value is -3.23. The smallest absolute Gasteiger partial charge is 0.288 e. The van der Waals surface area contributed by atoms with Gasteiger partial charge in [-0.1, -0.05) is 0 Å². The van der Waals surface area contributed by atoms with Gasteiger partial charge < -0.3 is 15.1 Å². The summed E-state index contributed by atoms with van der Waals surface area (Å²) >= 11 is 0. The molecule has 0 aromatic carbocycles. The average molecular weight is 394 g/mol. The number of aryl methyl sites for hydroxylation is 2. The number of nitrogens with one attached hydrogen (secondary N) is 2. The van der Waals surface area contributed by atoms with Crippen molar-refractivity contribution in [2.75, 3.05) is 0 Å². The number of carbonyl (C=O) groups excluding carboxylic acids is 2. The Morgan fingerprint density at radius 3 is 2.55 bits per heavy atom. The highest BCUT2D eigenvalue weighted by atomic mass is 16.4. The average Bonchev–Trinajstić information content (AvgIpc) is 3.21. The molecule has 0 spiro atoms. The molecule has 2 N–H and O–H groups in total. The second-order valence-electron chi connectivity index (χ2n) is 7.98. The highest BCUT2D eigenvalue weighted by Crippen LogP contribution is 2.39. The molecule has 2 aliphatic carbocycles. The summed E-state index contributed by atoms with van der Waals surface area (Å²) in [5, 5.41) is 10.2. The number of nitrogens with zero attached hydrogens (tertiary/aromatic N) is 4. The molecule has 0 unspecified atom stereocenters. The van der Waals surface area contributed by atoms with E-state index in [1.807, 2.05) is 19.9 Å². The predicted octanol–water partition coefficient (Wildman–Crippen LogP) is 1.90. The molecule has 0 saturated heterocycles. The fourth-order valence-electron chi connectivity index (χ4n) is 3.72. The molecule has 9 heteroatoms. The first-order valence-corrected chi connectivity index (χ1v) is 9.87. The molecule has 2 fully saturated rings. The van der Waals surface area contributed by atoms with Crippen LogP contribution in [0.2, 0.25) is 0 Å². The standard InChI is InChI=1S/C20H22N6O3/c1-10-5-11(2)26-17(23-10)15(8-22-26)18(27)24-13-6-14(7-13)25-19(28)16-9-21-20(29-16)12-3-4-12/h5,8-9,12-14H,3-4,6-7H2,1-2H3,(H,24,27)(H,25,28). The highest BCUT2D eigenvalue weighted by molar-refractivity contribution is 6.00. The lowest BCUT2D eigenvalue weighted by atomic mass is 9.86. The zero-order chi connectivity index (χ0) is 20.1. The Bertz CT molecular complexity index is 1110. The van der Waals surface area contributed by atoms with Crippen LogP contribution in [-0.2, 0) is 0 Å². The van der Waals surface area contributed by atoms with Gasteiger partial charge in [-0.2, -0.15) is 5.10 Å². The summed E-state index contributed by atoms with van der Waals surface area (Å²) in [6.45, 7) is 3.82. The van der Waals surface area contributed by atoms with Crippen molar-refractivity contribution in [3.63, 3.8) is 0 Å². The minimum atomic E-state index is -0.253. The second-order valence-corrected chi connectivity index (χ2v) is 7.98. The van der Waals surface area contributed by atoms with Crippen LogP contribution in [0.25, 0.3) is 5.65 Å². The number of aromatic nitrogens is 4. The van der Waals surface area contributed by atoms with Gasteiger partial charge in [-0.25, -0.2) is 14.5 Å². The van der Waals surface area contributed by atoms with Crippen molar-refractivity contribution in [1.82, 2.24) is 30.2 Å². The monoisotopic (exact) mass is 394 g/mol. The maximum Gasteiger partial charge on any atom is 0.288 e. The van der Waals surface area contributed by atoms with Crippen LogP contribution in [0.3, 0.4) is 0 Å².